The van der Waals surface area contributed by atoms with Crippen molar-refractivity contribution >= 4 is 5.82 Å². The Morgan fingerprint density at radius 2 is 1.91 bits per heavy atom. The van der Waals surface area contributed by atoms with Gasteiger partial charge in [-0.05, 0) is 25.1 Å². The van der Waals surface area contributed by atoms with Gasteiger partial charge in [-0.25, -0.2) is 0 Å². The van der Waals surface area contributed by atoms with Crippen molar-refractivity contribution in [1.82, 2.24) is 19.9 Å². The number of aromatic nitrogens is 3. The topological polar surface area (TPSA) is 105 Å². The summed E-state index contributed by atoms with van der Waals surface area (Å²) in [6.07, 6.45) is 3.41. The van der Waals surface area contributed by atoms with Crippen molar-refractivity contribution in [1.29, 1.82) is 0 Å². The zero-order chi connectivity index (χ0) is 22.2. The number of aryl methyl sites for hydroxylation is 1. The Kier molecular flexibility index (Phi) is 7.31. The maximum atomic E-state index is 10.0. The maximum Gasteiger partial charge on any atom is 0.319 e. The lowest BCUT2D eigenvalue weighted by Crippen LogP contribution is -2.38. The second-order valence-electron chi connectivity index (χ2n) is 7.46. The van der Waals surface area contributed by atoms with Crippen LogP contribution < -0.4 is 4.74 Å². The van der Waals surface area contributed by atoms with Gasteiger partial charge in [0.2, 0.25) is 0 Å². The largest absolute Gasteiger partial charge is 0.508 e. The number of nitrogens with zero attached hydrogens (tertiary/aromatic N) is 6. The van der Waals surface area contributed by atoms with Gasteiger partial charge in [0.1, 0.15) is 12.4 Å². The predicted octanol–water partition coefficient (Wildman–Crippen LogP) is 3.55. The number of phenols is 1. The normalized spacial score (nSPS) is 14.7. The summed E-state index contributed by atoms with van der Waals surface area (Å²) < 4.78 is 11.2. The molecule has 1 N–H and O–H groups in total. The number of aromatic hydroxyl groups is 1. The van der Waals surface area contributed by atoms with Gasteiger partial charge in [0.05, 0.1) is 25.5 Å². The van der Waals surface area contributed by atoms with Crippen LogP contribution in [0, 0.1) is 6.92 Å². The molecule has 1 aromatic carbocycles. The van der Waals surface area contributed by atoms with Gasteiger partial charge in [0, 0.05) is 49.2 Å². The van der Waals surface area contributed by atoms with E-state index in [0.29, 0.717) is 23.7 Å². The second-order valence-corrected chi connectivity index (χ2v) is 7.46. The van der Waals surface area contributed by atoms with Crippen molar-refractivity contribution in [2.75, 3.05) is 39.5 Å². The number of azo groups is 1. The SMILES string of the molecule is Cc1ccc(O)c(CN=Nc2cc(-c3ccncc3)nc(OCCN3CCOCC3)n2)c1. The molecule has 3 heterocycles. The Balaban J connectivity index is 1.49. The zero-order valence-electron chi connectivity index (χ0n) is 18.0. The molecule has 1 fully saturated rings. The molecule has 2 aromatic heterocycles. The number of rotatable bonds is 8. The van der Waals surface area contributed by atoms with Crippen LogP contribution in [0.2, 0.25) is 0 Å². The van der Waals surface area contributed by atoms with E-state index in [9.17, 15) is 5.11 Å². The number of hydrogen-bond donors (Lipinski definition) is 1. The molecule has 166 valence electrons. The van der Waals surface area contributed by atoms with Crippen LogP contribution in [0.3, 0.4) is 0 Å². The van der Waals surface area contributed by atoms with Gasteiger partial charge in [-0.1, -0.05) is 17.7 Å². The molecule has 4 rings (SSSR count). The van der Waals surface area contributed by atoms with Gasteiger partial charge < -0.3 is 14.6 Å². The van der Waals surface area contributed by atoms with Gasteiger partial charge in [-0.15, -0.1) is 5.11 Å². The molecule has 1 aliphatic heterocycles. The van der Waals surface area contributed by atoms with E-state index in [1.165, 1.54) is 0 Å². The fourth-order valence-electron chi connectivity index (χ4n) is 3.31. The fourth-order valence-corrected chi connectivity index (χ4v) is 3.31. The Bertz CT molecular complexity index is 1050. The maximum absolute atomic E-state index is 10.0. The summed E-state index contributed by atoms with van der Waals surface area (Å²) in [5.74, 6) is 0.585. The quantitative estimate of drug-likeness (QED) is 0.541. The number of morpholine rings is 1. The molecule has 1 aliphatic rings. The number of benzene rings is 1. The Morgan fingerprint density at radius 1 is 1.09 bits per heavy atom. The standard InChI is InChI=1S/C23H26N6O3/c1-17-2-3-21(30)19(14-17)16-25-28-22-15-20(18-4-6-24-7-5-18)26-23(27-22)32-13-10-29-8-11-31-12-9-29/h2-7,14-15,30H,8-13,16H2,1H3. The number of pyridine rings is 1. The van der Waals surface area contributed by atoms with E-state index in [1.807, 2.05) is 31.2 Å². The van der Waals surface area contributed by atoms with Crippen molar-refractivity contribution in [3.8, 4) is 23.0 Å². The zero-order valence-corrected chi connectivity index (χ0v) is 18.0. The van der Waals surface area contributed by atoms with E-state index in [1.54, 1.807) is 24.5 Å². The molecule has 0 atom stereocenters. The first-order valence-electron chi connectivity index (χ1n) is 10.6. The van der Waals surface area contributed by atoms with Crippen LogP contribution in [0.5, 0.6) is 11.8 Å². The Morgan fingerprint density at radius 3 is 2.72 bits per heavy atom. The third-order valence-electron chi connectivity index (χ3n) is 5.06. The highest BCUT2D eigenvalue weighted by atomic mass is 16.5. The number of phenolic OH excluding ortho intramolecular Hbond substituents is 1. The Hall–Kier alpha value is -3.43. The van der Waals surface area contributed by atoms with E-state index in [-0.39, 0.29) is 18.3 Å². The minimum atomic E-state index is 0.196. The van der Waals surface area contributed by atoms with Gasteiger partial charge >= 0.3 is 6.01 Å². The lowest BCUT2D eigenvalue weighted by molar-refractivity contribution is 0.0317. The van der Waals surface area contributed by atoms with Crippen molar-refractivity contribution in [3.63, 3.8) is 0 Å². The fraction of sp³-hybridized carbons (Fsp3) is 0.348. The molecular formula is C23H26N6O3. The molecular weight excluding hydrogens is 408 g/mol. The van der Waals surface area contributed by atoms with Crippen molar-refractivity contribution in [2.45, 2.75) is 13.5 Å². The van der Waals surface area contributed by atoms with Crippen LogP contribution in [0.15, 0.2) is 59.0 Å². The minimum absolute atomic E-state index is 0.196. The molecule has 0 bridgehead atoms. The molecule has 9 nitrogen and oxygen atoms in total. The van der Waals surface area contributed by atoms with Crippen LogP contribution >= 0.6 is 0 Å². The molecule has 0 radical (unpaired) electrons. The van der Waals surface area contributed by atoms with E-state index >= 15 is 0 Å². The number of ether oxygens (including phenoxy) is 2. The summed E-state index contributed by atoms with van der Waals surface area (Å²) in [5, 5.41) is 18.5. The van der Waals surface area contributed by atoms with Crippen molar-refractivity contribution in [3.05, 3.63) is 59.9 Å². The third-order valence-corrected chi connectivity index (χ3v) is 5.06. The highest BCUT2D eigenvalue weighted by Gasteiger charge is 2.12. The molecule has 1 saturated heterocycles. The molecule has 9 heteroatoms. The summed E-state index contributed by atoms with van der Waals surface area (Å²) in [6.45, 7) is 6.73. The third kappa shape index (κ3) is 6.05. The molecule has 3 aromatic rings. The van der Waals surface area contributed by atoms with Crippen molar-refractivity contribution < 1.29 is 14.6 Å². The summed E-state index contributed by atoms with van der Waals surface area (Å²) in [6, 6.07) is 11.1. The first kappa shape index (κ1) is 21.8. The predicted molar refractivity (Wildman–Crippen MR) is 119 cm³/mol. The minimum Gasteiger partial charge on any atom is -0.508 e. The van der Waals surface area contributed by atoms with Gasteiger partial charge in [0.15, 0.2) is 5.82 Å². The average Bonchev–Trinajstić information content (AvgIpc) is 2.82. The van der Waals surface area contributed by atoms with E-state index in [0.717, 1.165) is 44.0 Å². The monoisotopic (exact) mass is 434 g/mol. The van der Waals surface area contributed by atoms with Gasteiger partial charge in [-0.3, -0.25) is 9.88 Å². The van der Waals surface area contributed by atoms with Crippen LogP contribution in [-0.4, -0.2) is 64.4 Å². The summed E-state index contributed by atoms with van der Waals surface area (Å²) >= 11 is 0. The molecule has 0 amide bonds. The molecule has 0 aliphatic carbocycles. The van der Waals surface area contributed by atoms with Crippen LogP contribution in [0.4, 0.5) is 5.82 Å². The smallest absolute Gasteiger partial charge is 0.319 e. The van der Waals surface area contributed by atoms with E-state index in [2.05, 4.69) is 30.1 Å². The van der Waals surface area contributed by atoms with E-state index < -0.39 is 0 Å². The summed E-state index contributed by atoms with van der Waals surface area (Å²) in [7, 11) is 0. The first-order chi connectivity index (χ1) is 15.7. The molecule has 0 unspecified atom stereocenters. The van der Waals surface area contributed by atoms with Crippen molar-refractivity contribution in [2.24, 2.45) is 10.2 Å². The lowest BCUT2D eigenvalue weighted by atomic mass is 10.1. The first-order valence-corrected chi connectivity index (χ1v) is 10.6. The second kappa shape index (κ2) is 10.7. The molecule has 32 heavy (non-hydrogen) atoms. The molecule has 0 spiro atoms. The van der Waals surface area contributed by atoms with Crippen LogP contribution in [-0.2, 0) is 11.3 Å². The van der Waals surface area contributed by atoms with Crippen LogP contribution in [0.1, 0.15) is 11.1 Å². The summed E-state index contributed by atoms with van der Waals surface area (Å²) in [5.41, 5.74) is 3.31. The lowest BCUT2D eigenvalue weighted by Gasteiger charge is -2.26. The van der Waals surface area contributed by atoms with E-state index in [4.69, 9.17) is 9.47 Å². The highest BCUT2D eigenvalue weighted by molar-refractivity contribution is 5.61. The summed E-state index contributed by atoms with van der Waals surface area (Å²) in [4.78, 5) is 15.3. The number of hydrogen-bond acceptors (Lipinski definition) is 9. The van der Waals surface area contributed by atoms with Gasteiger partial charge in [0.25, 0.3) is 0 Å². The van der Waals surface area contributed by atoms with Gasteiger partial charge in [-0.2, -0.15) is 15.1 Å². The van der Waals surface area contributed by atoms with Crippen LogP contribution in [0.25, 0.3) is 11.3 Å². The highest BCUT2D eigenvalue weighted by Crippen LogP contribution is 2.24. The average molecular weight is 435 g/mol. The Labute approximate surface area is 186 Å². The molecule has 0 saturated carbocycles.